The molecule has 0 bridgehead atoms. The molecule has 1 amide bonds. The Balaban J connectivity index is 1.66. The monoisotopic (exact) mass is 413 g/mol. The summed E-state index contributed by atoms with van der Waals surface area (Å²) < 4.78 is 1.89. The van der Waals surface area contributed by atoms with Gasteiger partial charge in [-0.25, -0.2) is 4.68 Å². The van der Waals surface area contributed by atoms with E-state index in [4.69, 9.17) is 11.6 Å². The molecule has 3 aromatic rings. The average molecular weight is 414 g/mol. The maximum atomic E-state index is 13.1. The van der Waals surface area contributed by atoms with Crippen molar-refractivity contribution in [2.45, 2.75) is 36.7 Å². The first kappa shape index (κ1) is 18.8. The molecule has 2 aromatic carbocycles. The molecule has 0 saturated heterocycles. The summed E-state index contributed by atoms with van der Waals surface area (Å²) in [6.45, 7) is 4.08. The SMILES string of the molecule is CCc1nnc2n1N[C@H](c1ccc(C)cc1)[C@H](C(=O)Nc1ccc(Cl)cc1)S2. The minimum absolute atomic E-state index is 0.0994. The lowest BCUT2D eigenvalue weighted by Gasteiger charge is -2.33. The van der Waals surface area contributed by atoms with Crippen LogP contribution < -0.4 is 10.7 Å². The first-order chi connectivity index (χ1) is 13.5. The normalized spacial score (nSPS) is 18.2. The lowest BCUT2D eigenvalue weighted by molar-refractivity contribution is -0.116. The van der Waals surface area contributed by atoms with Crippen LogP contribution in [0.25, 0.3) is 0 Å². The number of rotatable bonds is 4. The van der Waals surface area contributed by atoms with Crippen molar-refractivity contribution in [2.75, 3.05) is 10.7 Å². The molecule has 0 unspecified atom stereocenters. The lowest BCUT2D eigenvalue weighted by atomic mass is 10.0. The highest BCUT2D eigenvalue weighted by atomic mass is 35.5. The molecule has 1 aliphatic rings. The van der Waals surface area contributed by atoms with Crippen LogP contribution in [0.5, 0.6) is 0 Å². The van der Waals surface area contributed by atoms with Crippen molar-refractivity contribution in [1.29, 1.82) is 0 Å². The van der Waals surface area contributed by atoms with Crippen LogP contribution in [0.15, 0.2) is 53.7 Å². The van der Waals surface area contributed by atoms with Gasteiger partial charge in [-0.3, -0.25) is 4.79 Å². The smallest absolute Gasteiger partial charge is 0.240 e. The Morgan fingerprint density at radius 2 is 1.89 bits per heavy atom. The number of aryl methyl sites for hydroxylation is 2. The number of nitrogens with one attached hydrogen (secondary N) is 2. The molecule has 2 N–H and O–H groups in total. The summed E-state index contributed by atoms with van der Waals surface area (Å²) >= 11 is 7.36. The quantitative estimate of drug-likeness (QED) is 0.670. The van der Waals surface area contributed by atoms with Crippen molar-refractivity contribution in [1.82, 2.24) is 14.9 Å². The van der Waals surface area contributed by atoms with E-state index in [1.165, 1.54) is 17.3 Å². The van der Waals surface area contributed by atoms with Crippen LogP contribution in [0.2, 0.25) is 5.02 Å². The summed E-state index contributed by atoms with van der Waals surface area (Å²) in [7, 11) is 0. The summed E-state index contributed by atoms with van der Waals surface area (Å²) in [4.78, 5) is 13.1. The number of hydrogen-bond acceptors (Lipinski definition) is 5. The van der Waals surface area contributed by atoms with Crippen molar-refractivity contribution in [3.05, 3.63) is 70.5 Å². The Kier molecular flexibility index (Phi) is 5.28. The first-order valence-electron chi connectivity index (χ1n) is 9.05. The molecule has 0 fully saturated rings. The van der Waals surface area contributed by atoms with Gasteiger partial charge in [0, 0.05) is 17.1 Å². The number of amides is 1. The van der Waals surface area contributed by atoms with Crippen molar-refractivity contribution in [3.8, 4) is 0 Å². The second-order valence-electron chi connectivity index (χ2n) is 6.64. The average Bonchev–Trinajstić information content (AvgIpc) is 3.11. The van der Waals surface area contributed by atoms with E-state index in [1.807, 2.05) is 18.5 Å². The Labute approximate surface area is 172 Å². The van der Waals surface area contributed by atoms with Gasteiger partial charge in [0.1, 0.15) is 5.25 Å². The van der Waals surface area contributed by atoms with Crippen LogP contribution in [0.3, 0.4) is 0 Å². The van der Waals surface area contributed by atoms with E-state index in [1.54, 1.807) is 24.3 Å². The largest absolute Gasteiger partial charge is 0.325 e. The minimum Gasteiger partial charge on any atom is -0.325 e. The number of nitrogens with zero attached hydrogens (tertiary/aromatic N) is 3. The molecule has 8 heteroatoms. The fraction of sp³-hybridized carbons (Fsp3) is 0.250. The van der Waals surface area contributed by atoms with Crippen LogP contribution in [-0.2, 0) is 11.2 Å². The maximum Gasteiger partial charge on any atom is 0.240 e. The van der Waals surface area contributed by atoms with Gasteiger partial charge in [-0.1, -0.05) is 60.1 Å². The number of carbonyl (C=O) groups is 1. The van der Waals surface area contributed by atoms with Crippen molar-refractivity contribution < 1.29 is 4.79 Å². The molecule has 2 atom stereocenters. The number of carbonyl (C=O) groups excluding carboxylic acids is 1. The topological polar surface area (TPSA) is 71.8 Å². The van der Waals surface area contributed by atoms with Gasteiger partial charge in [0.25, 0.3) is 0 Å². The molecule has 0 saturated carbocycles. The number of hydrogen-bond donors (Lipinski definition) is 2. The Morgan fingerprint density at radius 1 is 1.18 bits per heavy atom. The predicted molar refractivity (Wildman–Crippen MR) is 112 cm³/mol. The zero-order valence-corrected chi connectivity index (χ0v) is 17.1. The molecule has 2 heterocycles. The Morgan fingerprint density at radius 3 is 2.57 bits per heavy atom. The first-order valence-corrected chi connectivity index (χ1v) is 10.3. The van der Waals surface area contributed by atoms with Gasteiger partial charge in [0.2, 0.25) is 11.1 Å². The summed E-state index contributed by atoms with van der Waals surface area (Å²) in [5.74, 6) is 0.744. The van der Waals surface area contributed by atoms with Crippen molar-refractivity contribution >= 4 is 35.0 Å². The van der Waals surface area contributed by atoms with Gasteiger partial charge in [0.05, 0.1) is 6.04 Å². The van der Waals surface area contributed by atoms with Crippen LogP contribution in [0, 0.1) is 6.92 Å². The summed E-state index contributed by atoms with van der Waals surface area (Å²) in [6.07, 6.45) is 0.753. The second kappa shape index (κ2) is 7.85. The van der Waals surface area contributed by atoms with Crippen molar-refractivity contribution in [2.24, 2.45) is 0 Å². The number of halogens is 1. The molecule has 1 aliphatic heterocycles. The molecule has 4 rings (SSSR count). The van der Waals surface area contributed by atoms with Crippen LogP contribution in [0.1, 0.15) is 29.9 Å². The molecular formula is C20H20ClN5OS. The molecule has 144 valence electrons. The van der Waals surface area contributed by atoms with Gasteiger partial charge in [0.15, 0.2) is 5.82 Å². The zero-order chi connectivity index (χ0) is 19.7. The number of benzene rings is 2. The Hall–Kier alpha value is -2.51. The van der Waals surface area contributed by atoms with E-state index < -0.39 is 5.25 Å². The molecule has 28 heavy (non-hydrogen) atoms. The molecule has 0 radical (unpaired) electrons. The van der Waals surface area contributed by atoms with Gasteiger partial charge in [-0.05, 0) is 36.8 Å². The zero-order valence-electron chi connectivity index (χ0n) is 15.5. The molecule has 1 aromatic heterocycles. The van der Waals surface area contributed by atoms with Gasteiger partial charge < -0.3 is 10.7 Å². The Bertz CT molecular complexity index is 987. The number of anilines is 1. The number of fused-ring (bicyclic) bond motifs is 1. The lowest BCUT2D eigenvalue weighted by Crippen LogP contribution is -2.41. The minimum atomic E-state index is -0.403. The van der Waals surface area contributed by atoms with E-state index in [2.05, 4.69) is 45.2 Å². The third kappa shape index (κ3) is 3.72. The fourth-order valence-electron chi connectivity index (χ4n) is 3.10. The van der Waals surface area contributed by atoms with Crippen LogP contribution in [-0.4, -0.2) is 26.0 Å². The van der Waals surface area contributed by atoms with Gasteiger partial charge in [-0.2, -0.15) is 0 Å². The number of aromatic nitrogens is 3. The molecule has 6 nitrogen and oxygen atoms in total. The standard InChI is InChI=1S/C20H20ClN5OS/c1-3-16-23-24-20-26(16)25-17(13-6-4-12(2)5-7-13)18(28-20)19(27)22-15-10-8-14(21)9-11-15/h4-11,17-18,25H,3H2,1-2H3,(H,22,27)/t17-,18-/m1/s1. The third-order valence-corrected chi connectivity index (χ3v) is 6.09. The molecular weight excluding hydrogens is 394 g/mol. The maximum absolute atomic E-state index is 13.1. The number of thioether (sulfide) groups is 1. The van der Waals surface area contributed by atoms with Crippen LogP contribution in [0.4, 0.5) is 5.69 Å². The summed E-state index contributed by atoms with van der Waals surface area (Å²) in [5.41, 5.74) is 6.37. The molecule has 0 spiro atoms. The van der Waals surface area contributed by atoms with Crippen LogP contribution >= 0.6 is 23.4 Å². The third-order valence-electron chi connectivity index (χ3n) is 4.63. The van der Waals surface area contributed by atoms with Gasteiger partial charge in [-0.15, -0.1) is 10.2 Å². The van der Waals surface area contributed by atoms with Crippen molar-refractivity contribution in [3.63, 3.8) is 0 Å². The van der Waals surface area contributed by atoms with E-state index in [0.717, 1.165) is 17.8 Å². The molecule has 0 aliphatic carbocycles. The highest BCUT2D eigenvalue weighted by Crippen LogP contribution is 2.37. The van der Waals surface area contributed by atoms with E-state index >= 15 is 0 Å². The predicted octanol–water partition coefficient (Wildman–Crippen LogP) is 4.20. The highest BCUT2D eigenvalue weighted by molar-refractivity contribution is 8.00. The second-order valence-corrected chi connectivity index (χ2v) is 8.18. The summed E-state index contributed by atoms with van der Waals surface area (Å²) in [5, 5.41) is 12.4. The van der Waals surface area contributed by atoms with E-state index in [0.29, 0.717) is 15.9 Å². The summed E-state index contributed by atoms with van der Waals surface area (Å²) in [6, 6.07) is 15.1. The van der Waals surface area contributed by atoms with Gasteiger partial charge >= 0.3 is 0 Å². The van der Waals surface area contributed by atoms with E-state index in [-0.39, 0.29) is 11.9 Å². The highest BCUT2D eigenvalue weighted by Gasteiger charge is 2.37. The van der Waals surface area contributed by atoms with E-state index in [9.17, 15) is 4.79 Å². The fourth-order valence-corrected chi connectivity index (χ4v) is 4.32.